The van der Waals surface area contributed by atoms with Crippen LogP contribution >= 0.6 is 0 Å². The van der Waals surface area contributed by atoms with Gasteiger partial charge < -0.3 is 19.3 Å². The number of hydrogen-bond donors (Lipinski definition) is 0. The molecule has 5 rings (SSSR count). The van der Waals surface area contributed by atoms with Gasteiger partial charge in [-0.2, -0.15) is 0 Å². The van der Waals surface area contributed by atoms with Crippen LogP contribution in [0.25, 0.3) is 0 Å². The fraction of sp³-hybridized carbons (Fsp3) is 0.588. The summed E-state index contributed by atoms with van der Waals surface area (Å²) in [5, 5.41) is 0. The van der Waals surface area contributed by atoms with Crippen molar-refractivity contribution >= 4 is 12.1 Å². The molecule has 3 heterocycles. The molecule has 2 unspecified atom stereocenters. The highest BCUT2D eigenvalue weighted by Gasteiger charge is 2.43. The van der Waals surface area contributed by atoms with E-state index >= 15 is 0 Å². The third kappa shape index (κ3) is 8.79. The predicted molar refractivity (Wildman–Crippen MR) is 164 cm³/mol. The number of likely N-dealkylation sites (tertiary alicyclic amines) is 1. The van der Waals surface area contributed by atoms with E-state index < -0.39 is 0 Å². The van der Waals surface area contributed by atoms with E-state index in [-0.39, 0.29) is 24.3 Å². The second-order valence-corrected chi connectivity index (χ2v) is 12.2. The Morgan fingerprint density at radius 3 is 2.17 bits per heavy atom. The quantitative estimate of drug-likeness (QED) is 0.246. The molecule has 2 atom stereocenters. The molecule has 1 amide bonds. The number of cyclic esters (lactones) is 1. The van der Waals surface area contributed by atoms with E-state index in [0.717, 1.165) is 57.0 Å². The summed E-state index contributed by atoms with van der Waals surface area (Å²) < 4.78 is 11.3. The van der Waals surface area contributed by atoms with Crippen LogP contribution in [0.1, 0.15) is 56.1 Å². The van der Waals surface area contributed by atoms with Crippen molar-refractivity contribution in [1.29, 1.82) is 0 Å². The highest BCUT2D eigenvalue weighted by Crippen LogP contribution is 2.28. The van der Waals surface area contributed by atoms with E-state index in [0.29, 0.717) is 19.6 Å². The first kappa shape index (κ1) is 30.5. The molecule has 42 heavy (non-hydrogen) atoms. The van der Waals surface area contributed by atoms with Crippen LogP contribution < -0.4 is 0 Å². The summed E-state index contributed by atoms with van der Waals surface area (Å²) in [5.74, 6) is 0.654. The normalized spacial score (nSPS) is 22.8. The van der Waals surface area contributed by atoms with Crippen molar-refractivity contribution in [2.45, 2.75) is 70.4 Å². The van der Waals surface area contributed by atoms with Gasteiger partial charge in [0.1, 0.15) is 6.61 Å². The number of benzene rings is 2. The van der Waals surface area contributed by atoms with Crippen molar-refractivity contribution < 1.29 is 19.1 Å². The molecule has 228 valence electrons. The minimum absolute atomic E-state index is 0.102. The fourth-order valence-electron chi connectivity index (χ4n) is 6.61. The maximum Gasteiger partial charge on any atom is 0.411 e. The lowest BCUT2D eigenvalue weighted by Gasteiger charge is -2.38. The number of hydrogen-bond acceptors (Lipinski definition) is 7. The zero-order valence-corrected chi connectivity index (χ0v) is 25.2. The summed E-state index contributed by atoms with van der Waals surface area (Å²) in [6.07, 6.45) is 7.17. The third-order valence-electron chi connectivity index (χ3n) is 9.30. The van der Waals surface area contributed by atoms with Crippen molar-refractivity contribution in [3.05, 3.63) is 71.8 Å². The Morgan fingerprint density at radius 1 is 0.833 bits per heavy atom. The molecule has 8 heteroatoms. The van der Waals surface area contributed by atoms with Crippen LogP contribution in [0.4, 0.5) is 4.79 Å². The van der Waals surface area contributed by atoms with Gasteiger partial charge in [0.15, 0.2) is 6.23 Å². The van der Waals surface area contributed by atoms with E-state index in [1.54, 1.807) is 0 Å². The maximum absolute atomic E-state index is 12.5. The minimum atomic E-state index is -0.209. The lowest BCUT2D eigenvalue weighted by molar-refractivity contribution is -0.145. The molecular formula is C34H48N4O4. The number of carbonyl (C=O) groups excluding carboxylic acids is 2. The minimum Gasteiger partial charge on any atom is -0.461 e. The Morgan fingerprint density at radius 2 is 1.48 bits per heavy atom. The Kier molecular flexibility index (Phi) is 11.3. The molecule has 3 aliphatic rings. The highest BCUT2D eigenvalue weighted by atomic mass is 16.6. The Bertz CT molecular complexity index is 1100. The Hall–Kier alpha value is -2.94. The molecule has 2 aromatic rings. The molecule has 3 aliphatic heterocycles. The number of piperazine rings is 1. The summed E-state index contributed by atoms with van der Waals surface area (Å²) in [4.78, 5) is 33.7. The summed E-state index contributed by atoms with van der Waals surface area (Å²) in [7, 11) is 1.88. The number of piperidine rings is 1. The Labute approximate surface area is 251 Å². The van der Waals surface area contributed by atoms with Crippen molar-refractivity contribution in [3.63, 3.8) is 0 Å². The molecule has 0 saturated carbocycles. The van der Waals surface area contributed by atoms with E-state index in [2.05, 4.69) is 45.0 Å². The van der Waals surface area contributed by atoms with E-state index in [1.165, 1.54) is 44.3 Å². The largest absolute Gasteiger partial charge is 0.461 e. The molecule has 0 N–H and O–H groups in total. The molecule has 0 bridgehead atoms. The number of rotatable bonds is 13. The molecule has 2 aromatic carbocycles. The number of carbonyl (C=O) groups is 2. The zero-order chi connectivity index (χ0) is 29.1. The molecule has 3 saturated heterocycles. The van der Waals surface area contributed by atoms with Gasteiger partial charge in [-0.05, 0) is 49.4 Å². The average molecular weight is 577 g/mol. The predicted octanol–water partition coefficient (Wildman–Crippen LogP) is 4.99. The summed E-state index contributed by atoms with van der Waals surface area (Å²) in [5.41, 5.74) is 2.41. The van der Waals surface area contributed by atoms with Crippen molar-refractivity contribution in [2.75, 3.05) is 52.9 Å². The number of likely N-dealkylation sites (N-methyl/N-ethyl adjacent to an activating group) is 1. The molecule has 0 aromatic heterocycles. The van der Waals surface area contributed by atoms with Crippen LogP contribution in [0, 0.1) is 5.92 Å². The highest BCUT2D eigenvalue weighted by molar-refractivity contribution is 5.70. The van der Waals surface area contributed by atoms with E-state index in [9.17, 15) is 9.59 Å². The van der Waals surface area contributed by atoms with Gasteiger partial charge in [0.2, 0.25) is 0 Å². The zero-order valence-electron chi connectivity index (χ0n) is 25.2. The van der Waals surface area contributed by atoms with Crippen LogP contribution in [0.3, 0.4) is 0 Å². The van der Waals surface area contributed by atoms with Gasteiger partial charge in [-0.3, -0.25) is 14.6 Å². The van der Waals surface area contributed by atoms with Gasteiger partial charge in [-0.25, -0.2) is 4.79 Å². The number of ether oxygens (including phenoxy) is 2. The van der Waals surface area contributed by atoms with Gasteiger partial charge >= 0.3 is 12.1 Å². The first-order valence-corrected chi connectivity index (χ1v) is 15.9. The SMILES string of the molecule is CN1C(=O)OC(N2CCN(CCC(=O)OCc3ccccc3)CC2)C1CCCCC1CCN(Cc2ccccc2)CC1. The van der Waals surface area contributed by atoms with Crippen LogP contribution in [-0.2, 0) is 27.4 Å². The molecule has 0 aliphatic carbocycles. The maximum atomic E-state index is 12.5. The third-order valence-corrected chi connectivity index (χ3v) is 9.30. The molecular weight excluding hydrogens is 528 g/mol. The first-order valence-electron chi connectivity index (χ1n) is 15.9. The number of amides is 1. The molecule has 0 spiro atoms. The van der Waals surface area contributed by atoms with Gasteiger partial charge in [0.05, 0.1) is 12.5 Å². The molecule has 8 nitrogen and oxygen atoms in total. The number of esters is 1. The summed E-state index contributed by atoms with van der Waals surface area (Å²) in [6, 6.07) is 20.7. The Balaban J connectivity index is 0.971. The van der Waals surface area contributed by atoms with Crippen molar-refractivity contribution in [2.24, 2.45) is 5.92 Å². The van der Waals surface area contributed by atoms with E-state index in [1.807, 2.05) is 42.3 Å². The number of unbranched alkanes of at least 4 members (excludes halogenated alkanes) is 1. The van der Waals surface area contributed by atoms with Gasteiger partial charge in [-0.15, -0.1) is 0 Å². The van der Waals surface area contributed by atoms with Crippen LogP contribution in [-0.4, -0.2) is 96.8 Å². The lowest BCUT2D eigenvalue weighted by Crippen LogP contribution is -2.54. The van der Waals surface area contributed by atoms with Gasteiger partial charge in [-0.1, -0.05) is 79.9 Å². The second kappa shape index (κ2) is 15.5. The molecule has 0 radical (unpaired) electrons. The lowest BCUT2D eigenvalue weighted by atomic mass is 9.90. The van der Waals surface area contributed by atoms with Crippen molar-refractivity contribution in [1.82, 2.24) is 19.6 Å². The first-order chi connectivity index (χ1) is 20.5. The average Bonchev–Trinajstić information content (AvgIpc) is 3.32. The van der Waals surface area contributed by atoms with Crippen LogP contribution in [0.2, 0.25) is 0 Å². The smallest absolute Gasteiger partial charge is 0.411 e. The van der Waals surface area contributed by atoms with Crippen LogP contribution in [0.5, 0.6) is 0 Å². The number of nitrogens with zero attached hydrogens (tertiary/aromatic N) is 4. The van der Waals surface area contributed by atoms with Crippen molar-refractivity contribution in [3.8, 4) is 0 Å². The topological polar surface area (TPSA) is 65.6 Å². The summed E-state index contributed by atoms with van der Waals surface area (Å²) in [6.45, 7) is 7.85. The molecule has 3 fully saturated rings. The van der Waals surface area contributed by atoms with Gasteiger partial charge in [0.25, 0.3) is 0 Å². The van der Waals surface area contributed by atoms with E-state index in [4.69, 9.17) is 9.47 Å². The van der Waals surface area contributed by atoms with Crippen LogP contribution in [0.15, 0.2) is 60.7 Å². The fourth-order valence-corrected chi connectivity index (χ4v) is 6.61. The standard InChI is InChI=1S/C34H48N4O4/c1-35-31(15-9-8-10-28-16-19-37(20-17-28)26-29-11-4-2-5-12-29)33(42-34(35)40)38-24-22-36(23-25-38)21-18-32(39)41-27-30-13-6-3-7-14-30/h2-7,11-14,28,31,33H,8-10,15-27H2,1H3. The second-order valence-electron chi connectivity index (χ2n) is 12.2. The summed E-state index contributed by atoms with van der Waals surface area (Å²) >= 11 is 0. The van der Waals surface area contributed by atoms with Gasteiger partial charge in [0, 0.05) is 46.3 Å². The monoisotopic (exact) mass is 576 g/mol.